The highest BCUT2D eigenvalue weighted by molar-refractivity contribution is 5.49. The second-order valence-corrected chi connectivity index (χ2v) is 5.37. The lowest BCUT2D eigenvalue weighted by Gasteiger charge is -2.34. The first kappa shape index (κ1) is 13.1. The highest BCUT2D eigenvalue weighted by Crippen LogP contribution is 2.27. The van der Waals surface area contributed by atoms with E-state index in [1.54, 1.807) is 0 Å². The van der Waals surface area contributed by atoms with Crippen LogP contribution in [0.4, 0.5) is 11.6 Å². The quantitative estimate of drug-likeness (QED) is 0.633. The van der Waals surface area contributed by atoms with Crippen molar-refractivity contribution in [2.75, 3.05) is 23.4 Å². The molecule has 0 bridgehead atoms. The van der Waals surface area contributed by atoms with E-state index in [0.29, 0.717) is 5.82 Å². The molecule has 1 aromatic rings. The van der Waals surface area contributed by atoms with Gasteiger partial charge < -0.3 is 10.3 Å². The van der Waals surface area contributed by atoms with Crippen LogP contribution in [0.2, 0.25) is 0 Å². The predicted molar refractivity (Wildman–Crippen MR) is 74.4 cm³/mol. The Labute approximate surface area is 109 Å². The van der Waals surface area contributed by atoms with Crippen molar-refractivity contribution in [2.45, 2.75) is 33.6 Å². The number of rotatable bonds is 3. The second kappa shape index (κ2) is 5.52. The lowest BCUT2D eigenvalue weighted by molar-refractivity contribution is 0.310. The highest BCUT2D eigenvalue weighted by atomic mass is 15.3. The van der Waals surface area contributed by atoms with E-state index in [0.717, 1.165) is 36.6 Å². The molecule has 18 heavy (non-hydrogen) atoms. The number of hydrogen-bond acceptors (Lipinski definition) is 5. The van der Waals surface area contributed by atoms with E-state index in [2.05, 4.69) is 34.1 Å². The summed E-state index contributed by atoms with van der Waals surface area (Å²) in [7, 11) is 0. The topological polar surface area (TPSA) is 67.1 Å². The average molecular weight is 249 g/mol. The number of aryl methyl sites for hydroxylation is 1. The maximum absolute atomic E-state index is 5.42. The van der Waals surface area contributed by atoms with Gasteiger partial charge in [-0.1, -0.05) is 13.8 Å². The van der Waals surface area contributed by atoms with E-state index < -0.39 is 0 Å². The fourth-order valence-corrected chi connectivity index (χ4v) is 2.58. The van der Waals surface area contributed by atoms with Crippen molar-refractivity contribution in [1.29, 1.82) is 0 Å². The van der Waals surface area contributed by atoms with E-state index in [-0.39, 0.29) is 0 Å². The minimum Gasteiger partial charge on any atom is -0.356 e. The van der Waals surface area contributed by atoms with E-state index in [1.165, 1.54) is 12.8 Å². The van der Waals surface area contributed by atoms with Gasteiger partial charge in [-0.2, -0.15) is 0 Å². The molecule has 1 aliphatic heterocycles. The Morgan fingerprint density at radius 3 is 2.56 bits per heavy atom. The Kier molecular flexibility index (Phi) is 4.01. The van der Waals surface area contributed by atoms with Crippen molar-refractivity contribution >= 4 is 11.6 Å². The Bertz CT molecular complexity index is 396. The molecule has 0 aliphatic carbocycles. The second-order valence-electron chi connectivity index (χ2n) is 5.37. The van der Waals surface area contributed by atoms with Crippen LogP contribution in [0.5, 0.6) is 0 Å². The first-order valence-electron chi connectivity index (χ1n) is 6.67. The molecule has 5 nitrogen and oxygen atoms in total. The van der Waals surface area contributed by atoms with Gasteiger partial charge in [0, 0.05) is 19.2 Å². The van der Waals surface area contributed by atoms with Crippen LogP contribution < -0.4 is 16.2 Å². The maximum atomic E-state index is 5.42. The molecule has 1 aromatic heterocycles. The van der Waals surface area contributed by atoms with Crippen LogP contribution in [0.1, 0.15) is 32.5 Å². The van der Waals surface area contributed by atoms with Crippen molar-refractivity contribution in [2.24, 2.45) is 17.7 Å². The molecule has 0 aromatic carbocycles. The summed E-state index contributed by atoms with van der Waals surface area (Å²) in [6.07, 6.45) is 2.48. The molecule has 0 atom stereocenters. The van der Waals surface area contributed by atoms with Gasteiger partial charge in [-0.25, -0.2) is 15.8 Å². The summed E-state index contributed by atoms with van der Waals surface area (Å²) in [4.78, 5) is 11.0. The molecule has 1 aliphatic rings. The molecule has 0 unspecified atom stereocenters. The van der Waals surface area contributed by atoms with Gasteiger partial charge in [-0.05, 0) is 31.6 Å². The summed E-state index contributed by atoms with van der Waals surface area (Å²) in [6.45, 7) is 8.66. The number of hydrogen-bond donors (Lipinski definition) is 2. The largest absolute Gasteiger partial charge is 0.356 e. The van der Waals surface area contributed by atoms with Gasteiger partial charge >= 0.3 is 0 Å². The number of hydrazine groups is 1. The Hall–Kier alpha value is -1.36. The van der Waals surface area contributed by atoms with Crippen LogP contribution in [0.3, 0.4) is 0 Å². The maximum Gasteiger partial charge on any atom is 0.145 e. The summed E-state index contributed by atoms with van der Waals surface area (Å²) in [5, 5.41) is 0. The molecular formula is C13H23N5. The lowest BCUT2D eigenvalue weighted by atomic mass is 9.87. The van der Waals surface area contributed by atoms with Gasteiger partial charge in [0.05, 0.1) is 0 Å². The number of anilines is 2. The zero-order valence-corrected chi connectivity index (χ0v) is 11.5. The molecule has 3 N–H and O–H groups in total. The number of nitrogens with zero attached hydrogens (tertiary/aromatic N) is 3. The summed E-state index contributed by atoms with van der Waals surface area (Å²) in [5.41, 5.74) is 2.60. The van der Waals surface area contributed by atoms with Crippen LogP contribution >= 0.6 is 0 Å². The van der Waals surface area contributed by atoms with E-state index >= 15 is 0 Å². The van der Waals surface area contributed by atoms with Gasteiger partial charge in [0.15, 0.2) is 0 Å². The zero-order chi connectivity index (χ0) is 13.1. The summed E-state index contributed by atoms with van der Waals surface area (Å²) < 4.78 is 0. The third-order valence-corrected chi connectivity index (χ3v) is 3.78. The third-order valence-electron chi connectivity index (χ3n) is 3.78. The Morgan fingerprint density at radius 2 is 2.00 bits per heavy atom. The van der Waals surface area contributed by atoms with Crippen molar-refractivity contribution in [1.82, 2.24) is 9.97 Å². The van der Waals surface area contributed by atoms with Crippen LogP contribution in [0.25, 0.3) is 0 Å². The number of nitrogens with two attached hydrogens (primary N) is 1. The first-order valence-corrected chi connectivity index (χ1v) is 6.67. The van der Waals surface area contributed by atoms with Gasteiger partial charge in [0.1, 0.15) is 17.5 Å². The fraction of sp³-hybridized carbons (Fsp3) is 0.692. The highest BCUT2D eigenvalue weighted by Gasteiger charge is 2.22. The Morgan fingerprint density at radius 1 is 1.33 bits per heavy atom. The minimum absolute atomic E-state index is 0.684. The number of nitrogen functional groups attached to an aromatic ring is 1. The standard InChI is InChI=1S/C13H23N5/c1-9(2)11-4-6-18(7-5-11)13-8-12(17-14)15-10(3)16-13/h8-9,11H,4-7,14H2,1-3H3,(H,15,16,17). The molecule has 1 fully saturated rings. The van der Waals surface area contributed by atoms with Crippen LogP contribution in [0, 0.1) is 18.8 Å². The SMILES string of the molecule is Cc1nc(NN)cc(N2CCC(C(C)C)CC2)n1. The average Bonchev–Trinajstić information content (AvgIpc) is 2.38. The third kappa shape index (κ3) is 2.90. The van der Waals surface area contributed by atoms with Crippen molar-refractivity contribution in [3.05, 3.63) is 11.9 Å². The van der Waals surface area contributed by atoms with E-state index in [1.807, 2.05) is 13.0 Å². The predicted octanol–water partition coefficient (Wildman–Crippen LogP) is 1.94. The first-order chi connectivity index (χ1) is 8.60. The van der Waals surface area contributed by atoms with Crippen LogP contribution in [0.15, 0.2) is 6.07 Å². The molecule has 0 spiro atoms. The monoisotopic (exact) mass is 249 g/mol. The summed E-state index contributed by atoms with van der Waals surface area (Å²) in [5.74, 6) is 9.47. The van der Waals surface area contributed by atoms with Crippen LogP contribution in [-0.4, -0.2) is 23.1 Å². The van der Waals surface area contributed by atoms with Crippen LogP contribution in [-0.2, 0) is 0 Å². The molecule has 1 saturated heterocycles. The van der Waals surface area contributed by atoms with Gasteiger partial charge in [0.2, 0.25) is 0 Å². The number of piperidine rings is 1. The Balaban J connectivity index is 2.07. The molecule has 0 saturated carbocycles. The van der Waals surface area contributed by atoms with Gasteiger partial charge in [-0.3, -0.25) is 0 Å². The number of aromatic nitrogens is 2. The molecule has 0 radical (unpaired) electrons. The molecule has 2 heterocycles. The van der Waals surface area contributed by atoms with Crippen molar-refractivity contribution < 1.29 is 0 Å². The molecule has 2 rings (SSSR count). The molecular weight excluding hydrogens is 226 g/mol. The fourth-order valence-electron chi connectivity index (χ4n) is 2.58. The smallest absolute Gasteiger partial charge is 0.145 e. The normalized spacial score (nSPS) is 17.3. The number of nitrogens with one attached hydrogen (secondary N) is 1. The zero-order valence-electron chi connectivity index (χ0n) is 11.5. The lowest BCUT2D eigenvalue weighted by Crippen LogP contribution is -2.36. The molecule has 5 heteroatoms. The molecule has 0 amide bonds. The summed E-state index contributed by atoms with van der Waals surface area (Å²) in [6, 6.07) is 1.92. The van der Waals surface area contributed by atoms with Crippen molar-refractivity contribution in [3.8, 4) is 0 Å². The van der Waals surface area contributed by atoms with E-state index in [4.69, 9.17) is 5.84 Å². The van der Waals surface area contributed by atoms with E-state index in [9.17, 15) is 0 Å². The van der Waals surface area contributed by atoms with Gasteiger partial charge in [-0.15, -0.1) is 0 Å². The van der Waals surface area contributed by atoms with Crippen molar-refractivity contribution in [3.63, 3.8) is 0 Å². The molecule has 100 valence electrons. The minimum atomic E-state index is 0.684. The summed E-state index contributed by atoms with van der Waals surface area (Å²) >= 11 is 0. The van der Waals surface area contributed by atoms with Gasteiger partial charge in [0.25, 0.3) is 0 Å².